The Morgan fingerprint density at radius 2 is 1.95 bits per heavy atom. The van der Waals surface area contributed by atoms with E-state index in [0.29, 0.717) is 19.4 Å². The smallest absolute Gasteiger partial charge is 0.323 e. The van der Waals surface area contributed by atoms with E-state index in [0.717, 1.165) is 5.56 Å². The zero-order valence-corrected chi connectivity index (χ0v) is 11.9. The molecule has 0 aliphatic rings. The van der Waals surface area contributed by atoms with Crippen LogP contribution in [-0.2, 0) is 20.7 Å². The summed E-state index contributed by atoms with van der Waals surface area (Å²) in [5.74, 6) is -1.29. The molecule has 110 valence electrons. The maximum atomic E-state index is 12.2. The summed E-state index contributed by atoms with van der Waals surface area (Å²) in [4.78, 5) is 24.4. The quantitative estimate of drug-likeness (QED) is 0.784. The average molecular weight is 279 g/mol. The van der Waals surface area contributed by atoms with Crippen molar-refractivity contribution < 1.29 is 19.4 Å². The highest BCUT2D eigenvalue weighted by molar-refractivity contribution is 5.84. The summed E-state index contributed by atoms with van der Waals surface area (Å²) in [5, 5.41) is 8.92. The van der Waals surface area contributed by atoms with E-state index in [9.17, 15) is 9.59 Å². The number of methoxy groups -OCH3 is 1. The van der Waals surface area contributed by atoms with E-state index in [-0.39, 0.29) is 12.5 Å². The Morgan fingerprint density at radius 1 is 1.30 bits per heavy atom. The molecule has 0 bridgehead atoms. The van der Waals surface area contributed by atoms with Crippen LogP contribution in [0.2, 0.25) is 0 Å². The van der Waals surface area contributed by atoms with Crippen molar-refractivity contribution in [1.29, 1.82) is 0 Å². The molecule has 0 fully saturated rings. The maximum Gasteiger partial charge on any atom is 0.323 e. The molecular weight excluding hydrogens is 258 g/mol. The van der Waals surface area contributed by atoms with E-state index >= 15 is 0 Å². The van der Waals surface area contributed by atoms with Gasteiger partial charge in [0.05, 0.1) is 0 Å². The number of carboxylic acid groups (broad SMARTS) is 1. The van der Waals surface area contributed by atoms with Crippen LogP contribution in [0.5, 0.6) is 0 Å². The second-order valence-corrected chi connectivity index (χ2v) is 4.52. The van der Waals surface area contributed by atoms with Crippen LogP contribution in [0.1, 0.15) is 18.9 Å². The first-order chi connectivity index (χ1) is 9.58. The second-order valence-electron chi connectivity index (χ2n) is 4.52. The normalized spacial score (nSPS) is 11.9. The molecule has 20 heavy (non-hydrogen) atoms. The molecule has 5 heteroatoms. The van der Waals surface area contributed by atoms with Crippen molar-refractivity contribution >= 4 is 11.9 Å². The molecule has 1 atom stereocenters. The predicted molar refractivity (Wildman–Crippen MR) is 75.4 cm³/mol. The number of hydrogen-bond donors (Lipinski definition) is 1. The van der Waals surface area contributed by atoms with Crippen LogP contribution in [0.25, 0.3) is 0 Å². The lowest BCUT2D eigenvalue weighted by molar-refractivity contribution is -0.149. The summed E-state index contributed by atoms with van der Waals surface area (Å²) in [5.41, 5.74) is 1.07. The minimum absolute atomic E-state index is 0.270. The summed E-state index contributed by atoms with van der Waals surface area (Å²) in [6.07, 6.45) is 0.571. The van der Waals surface area contributed by atoms with Crippen molar-refractivity contribution in [1.82, 2.24) is 4.90 Å². The summed E-state index contributed by atoms with van der Waals surface area (Å²) in [7, 11) is 1.46. The van der Waals surface area contributed by atoms with Gasteiger partial charge >= 0.3 is 5.97 Å². The van der Waals surface area contributed by atoms with Gasteiger partial charge < -0.3 is 14.7 Å². The van der Waals surface area contributed by atoms with Gasteiger partial charge in [-0.15, -0.1) is 0 Å². The Labute approximate surface area is 119 Å². The minimum atomic E-state index is -1.02. The lowest BCUT2D eigenvalue weighted by Gasteiger charge is -2.24. The number of carbonyl (C=O) groups excluding carboxylic acids is 1. The van der Waals surface area contributed by atoms with E-state index in [2.05, 4.69) is 0 Å². The number of amides is 1. The molecule has 0 aliphatic carbocycles. The van der Waals surface area contributed by atoms with E-state index in [4.69, 9.17) is 9.84 Å². The number of carboxylic acids is 1. The second kappa shape index (κ2) is 8.32. The van der Waals surface area contributed by atoms with Crippen LogP contribution < -0.4 is 0 Å². The first-order valence-electron chi connectivity index (χ1n) is 6.65. The van der Waals surface area contributed by atoms with Gasteiger partial charge in [0.15, 0.2) is 0 Å². The highest BCUT2D eigenvalue weighted by atomic mass is 16.5. The molecule has 1 N–H and O–H groups in total. The molecule has 5 nitrogen and oxygen atoms in total. The van der Waals surface area contributed by atoms with Crippen LogP contribution in [0.4, 0.5) is 0 Å². The first kappa shape index (κ1) is 16.2. The molecule has 0 heterocycles. The number of hydrogen-bond acceptors (Lipinski definition) is 3. The van der Waals surface area contributed by atoms with Crippen LogP contribution >= 0.6 is 0 Å². The molecule has 1 amide bonds. The Hall–Kier alpha value is -1.88. The van der Waals surface area contributed by atoms with Gasteiger partial charge in [-0.2, -0.15) is 0 Å². The highest BCUT2D eigenvalue weighted by Gasteiger charge is 2.24. The molecule has 0 aliphatic heterocycles. The summed E-state index contributed by atoms with van der Waals surface area (Å²) >= 11 is 0. The van der Waals surface area contributed by atoms with Crippen LogP contribution in [0.15, 0.2) is 30.3 Å². The summed E-state index contributed by atoms with van der Waals surface area (Å²) < 4.78 is 5.09. The van der Waals surface area contributed by atoms with Gasteiger partial charge in [-0.3, -0.25) is 9.59 Å². The fourth-order valence-corrected chi connectivity index (χ4v) is 1.98. The van der Waals surface area contributed by atoms with Gasteiger partial charge in [0.1, 0.15) is 12.6 Å². The number of ether oxygens (including phenoxy) is 1. The molecule has 1 aromatic rings. The third-order valence-corrected chi connectivity index (χ3v) is 3.08. The highest BCUT2D eigenvalue weighted by Crippen LogP contribution is 2.06. The molecular formula is C15H21NO4. The number of nitrogens with zero attached hydrogens (tertiary/aromatic N) is 1. The molecule has 0 aromatic heterocycles. The Bertz CT molecular complexity index is 429. The SMILES string of the molecule is CCC(OC)C(=O)N(CCc1ccccc1)CC(=O)O. The zero-order chi connectivity index (χ0) is 15.0. The first-order valence-corrected chi connectivity index (χ1v) is 6.65. The van der Waals surface area contributed by atoms with E-state index < -0.39 is 12.1 Å². The third-order valence-electron chi connectivity index (χ3n) is 3.08. The van der Waals surface area contributed by atoms with Gasteiger partial charge in [-0.05, 0) is 18.4 Å². The average Bonchev–Trinajstić information content (AvgIpc) is 2.45. The Kier molecular flexibility index (Phi) is 6.73. The van der Waals surface area contributed by atoms with Gasteiger partial charge in [0, 0.05) is 13.7 Å². The zero-order valence-electron chi connectivity index (χ0n) is 11.9. The van der Waals surface area contributed by atoms with Crippen molar-refractivity contribution in [3.8, 4) is 0 Å². The molecule has 1 rings (SSSR count). The number of rotatable bonds is 8. The lowest BCUT2D eigenvalue weighted by Crippen LogP contribution is -2.43. The van der Waals surface area contributed by atoms with Gasteiger partial charge in [0.2, 0.25) is 0 Å². The van der Waals surface area contributed by atoms with E-state index in [1.54, 1.807) is 0 Å². The monoisotopic (exact) mass is 279 g/mol. The molecule has 0 spiro atoms. The molecule has 0 saturated carbocycles. The largest absolute Gasteiger partial charge is 0.480 e. The minimum Gasteiger partial charge on any atom is -0.480 e. The molecule has 1 unspecified atom stereocenters. The van der Waals surface area contributed by atoms with Crippen molar-refractivity contribution in [2.24, 2.45) is 0 Å². The van der Waals surface area contributed by atoms with Crippen LogP contribution in [0, 0.1) is 0 Å². The molecule has 1 aromatic carbocycles. The van der Waals surface area contributed by atoms with Gasteiger partial charge in [-0.25, -0.2) is 0 Å². The van der Waals surface area contributed by atoms with Gasteiger partial charge in [0.25, 0.3) is 5.91 Å². The Morgan fingerprint density at radius 3 is 2.45 bits per heavy atom. The van der Waals surface area contributed by atoms with Crippen molar-refractivity contribution in [2.45, 2.75) is 25.9 Å². The fraction of sp³-hybridized carbons (Fsp3) is 0.467. The maximum absolute atomic E-state index is 12.2. The number of carbonyl (C=O) groups is 2. The van der Waals surface area contributed by atoms with Gasteiger partial charge in [-0.1, -0.05) is 37.3 Å². The van der Waals surface area contributed by atoms with E-state index in [1.807, 2.05) is 37.3 Å². The molecule has 0 radical (unpaired) electrons. The number of benzene rings is 1. The van der Waals surface area contributed by atoms with E-state index in [1.165, 1.54) is 12.0 Å². The summed E-state index contributed by atoms with van der Waals surface area (Å²) in [6.45, 7) is 1.91. The summed E-state index contributed by atoms with van der Waals surface area (Å²) in [6, 6.07) is 9.67. The lowest BCUT2D eigenvalue weighted by atomic mass is 10.1. The standard InChI is InChI=1S/C15H21NO4/c1-3-13(20-2)15(19)16(11-14(17)18)10-9-12-7-5-4-6-8-12/h4-8,13H,3,9-11H2,1-2H3,(H,17,18). The number of aliphatic carboxylic acids is 1. The van der Waals surface area contributed by atoms with Crippen LogP contribution in [0.3, 0.4) is 0 Å². The van der Waals surface area contributed by atoms with Crippen molar-refractivity contribution in [3.05, 3.63) is 35.9 Å². The predicted octanol–water partition coefficient (Wildman–Crippen LogP) is 1.57. The van der Waals surface area contributed by atoms with Crippen molar-refractivity contribution in [2.75, 3.05) is 20.2 Å². The topological polar surface area (TPSA) is 66.8 Å². The fourth-order valence-electron chi connectivity index (χ4n) is 1.98. The van der Waals surface area contributed by atoms with Crippen molar-refractivity contribution in [3.63, 3.8) is 0 Å². The Balaban J connectivity index is 2.69. The third kappa shape index (κ3) is 5.01. The molecule has 0 saturated heterocycles. The van der Waals surface area contributed by atoms with Crippen LogP contribution in [-0.4, -0.2) is 48.2 Å².